The first-order valence-corrected chi connectivity index (χ1v) is 30.7. The predicted molar refractivity (Wildman–Crippen MR) is 331 cm³/mol. The molecule has 7 atom stereocenters. The summed E-state index contributed by atoms with van der Waals surface area (Å²) in [4.78, 5) is 13.0. The van der Waals surface area contributed by atoms with E-state index in [-0.39, 0.29) is 12.5 Å². The van der Waals surface area contributed by atoms with Crippen LogP contribution in [0.2, 0.25) is 0 Å². The molecule has 9 nitrogen and oxygen atoms in total. The highest BCUT2D eigenvalue weighted by Crippen LogP contribution is 2.23. The molecule has 1 aliphatic heterocycles. The summed E-state index contributed by atoms with van der Waals surface area (Å²) in [5, 5.41) is 54.4. The van der Waals surface area contributed by atoms with E-state index in [1.807, 2.05) is 6.08 Å². The number of hydrogen-bond acceptors (Lipinski definition) is 8. The van der Waals surface area contributed by atoms with Gasteiger partial charge in [-0.1, -0.05) is 255 Å². The lowest BCUT2D eigenvalue weighted by Crippen LogP contribution is -2.60. The molecule has 9 heteroatoms. The van der Waals surface area contributed by atoms with Crippen molar-refractivity contribution in [3.05, 3.63) is 158 Å². The normalized spacial score (nSPS) is 19.8. The summed E-state index contributed by atoms with van der Waals surface area (Å²) in [6.07, 6.45) is 81.7. The molecule has 1 aliphatic rings. The van der Waals surface area contributed by atoms with Gasteiger partial charge in [-0.3, -0.25) is 4.79 Å². The highest BCUT2D eigenvalue weighted by molar-refractivity contribution is 5.76. The first-order chi connectivity index (χ1) is 38.3. The first kappa shape index (κ1) is 71.8. The summed E-state index contributed by atoms with van der Waals surface area (Å²) in [6.45, 7) is 3.63. The SMILES string of the molecule is CC/C=C\C/C=C\C/C=C\C/C=C\C/C=C\C/C=C\C/C=C\C/C=C\C/C=C\C/C=C\C/C=C\C/C=C\CCCCCCC(=O)NC(COC1OC(CO)C(O)C(O)C1O)C(O)/C=C/CCCCCCCCCCCCCC. The topological polar surface area (TPSA) is 149 Å². The molecule has 1 saturated heterocycles. The second kappa shape index (κ2) is 56.1. The predicted octanol–water partition coefficient (Wildman–Crippen LogP) is 16.0. The fourth-order valence-corrected chi connectivity index (χ4v) is 8.55. The largest absolute Gasteiger partial charge is 0.394 e. The van der Waals surface area contributed by atoms with Crippen LogP contribution in [0, 0.1) is 0 Å². The molecule has 1 rings (SSSR count). The number of amides is 1. The zero-order chi connectivity index (χ0) is 56.5. The third-order valence-electron chi connectivity index (χ3n) is 13.4. The summed E-state index contributed by atoms with van der Waals surface area (Å²) in [5.41, 5.74) is 0. The number of hydrogen-bond donors (Lipinski definition) is 6. The van der Waals surface area contributed by atoms with Crippen molar-refractivity contribution >= 4 is 5.91 Å². The average molecular weight is 1080 g/mol. The molecule has 7 unspecified atom stereocenters. The number of unbranched alkanes of at least 4 members (excludes halogenated alkanes) is 16. The zero-order valence-corrected chi connectivity index (χ0v) is 48.8. The van der Waals surface area contributed by atoms with Gasteiger partial charge in [0.2, 0.25) is 5.91 Å². The van der Waals surface area contributed by atoms with E-state index in [0.717, 1.165) is 128 Å². The minimum atomic E-state index is -1.58. The van der Waals surface area contributed by atoms with Crippen LogP contribution in [0.25, 0.3) is 0 Å². The Morgan fingerprint density at radius 2 is 0.795 bits per heavy atom. The Balaban J connectivity index is 2.20. The van der Waals surface area contributed by atoms with Crippen molar-refractivity contribution in [1.29, 1.82) is 0 Å². The van der Waals surface area contributed by atoms with Gasteiger partial charge in [-0.25, -0.2) is 0 Å². The molecule has 0 aliphatic carbocycles. The van der Waals surface area contributed by atoms with E-state index in [1.54, 1.807) is 6.08 Å². The van der Waals surface area contributed by atoms with E-state index in [2.05, 4.69) is 165 Å². The van der Waals surface area contributed by atoms with Crippen molar-refractivity contribution in [3.63, 3.8) is 0 Å². The van der Waals surface area contributed by atoms with Crippen LogP contribution in [0.3, 0.4) is 0 Å². The lowest BCUT2D eigenvalue weighted by Gasteiger charge is -2.40. The average Bonchev–Trinajstić information content (AvgIpc) is 3.46. The van der Waals surface area contributed by atoms with Gasteiger partial charge in [0, 0.05) is 6.42 Å². The third-order valence-corrected chi connectivity index (χ3v) is 13.4. The second-order valence-electron chi connectivity index (χ2n) is 20.4. The van der Waals surface area contributed by atoms with Crippen LogP contribution < -0.4 is 5.32 Å². The van der Waals surface area contributed by atoms with E-state index in [9.17, 15) is 30.3 Å². The molecule has 0 bridgehead atoms. The lowest BCUT2D eigenvalue weighted by molar-refractivity contribution is -0.302. The quantitative estimate of drug-likeness (QED) is 0.0261. The first-order valence-electron chi connectivity index (χ1n) is 30.7. The summed E-state index contributed by atoms with van der Waals surface area (Å²) in [7, 11) is 0. The van der Waals surface area contributed by atoms with E-state index >= 15 is 0 Å². The van der Waals surface area contributed by atoms with Gasteiger partial charge < -0.3 is 40.3 Å². The maximum atomic E-state index is 13.0. The summed E-state index contributed by atoms with van der Waals surface area (Å²) >= 11 is 0. The molecular weight excluding hydrogens is 971 g/mol. The molecule has 78 heavy (non-hydrogen) atoms. The Kier molecular flexibility index (Phi) is 51.7. The number of ether oxygens (including phenoxy) is 2. The highest BCUT2D eigenvalue weighted by Gasteiger charge is 2.44. The number of rotatable bonds is 50. The van der Waals surface area contributed by atoms with Crippen LogP contribution in [0.4, 0.5) is 0 Å². The fraction of sp³-hybridized carbons (Fsp3) is 0.609. The molecule has 0 aromatic carbocycles. The van der Waals surface area contributed by atoms with Gasteiger partial charge >= 0.3 is 0 Å². The van der Waals surface area contributed by atoms with Crippen LogP contribution >= 0.6 is 0 Å². The van der Waals surface area contributed by atoms with Gasteiger partial charge in [-0.15, -0.1) is 0 Å². The number of carbonyl (C=O) groups excluding carboxylic acids is 1. The Morgan fingerprint density at radius 3 is 1.18 bits per heavy atom. The van der Waals surface area contributed by atoms with E-state index in [1.165, 1.54) is 64.2 Å². The number of allylic oxidation sites excluding steroid dienone is 25. The maximum Gasteiger partial charge on any atom is 0.220 e. The number of carbonyl (C=O) groups is 1. The fourth-order valence-electron chi connectivity index (χ4n) is 8.55. The summed E-state index contributed by atoms with van der Waals surface area (Å²) in [6, 6.07) is -0.830. The Morgan fingerprint density at radius 1 is 0.449 bits per heavy atom. The maximum absolute atomic E-state index is 13.0. The van der Waals surface area contributed by atoms with Crippen LogP contribution in [-0.4, -0.2) is 87.5 Å². The van der Waals surface area contributed by atoms with Gasteiger partial charge in [0.15, 0.2) is 6.29 Å². The summed E-state index contributed by atoms with van der Waals surface area (Å²) in [5.74, 6) is -0.208. The lowest BCUT2D eigenvalue weighted by atomic mass is 9.99. The van der Waals surface area contributed by atoms with Gasteiger partial charge in [-0.05, 0) is 109 Å². The molecule has 0 radical (unpaired) electrons. The van der Waals surface area contributed by atoms with Crippen LogP contribution in [0.15, 0.2) is 158 Å². The van der Waals surface area contributed by atoms with Crippen LogP contribution in [0.1, 0.15) is 213 Å². The van der Waals surface area contributed by atoms with Gasteiger partial charge in [0.05, 0.1) is 25.4 Å². The minimum Gasteiger partial charge on any atom is -0.394 e. The Labute approximate surface area is 475 Å². The molecule has 0 spiro atoms. The molecule has 0 aromatic heterocycles. The summed E-state index contributed by atoms with van der Waals surface area (Å²) < 4.78 is 11.2. The van der Waals surface area contributed by atoms with Crippen molar-refractivity contribution in [1.82, 2.24) is 5.32 Å². The molecule has 1 heterocycles. The van der Waals surface area contributed by atoms with Gasteiger partial charge in [0.1, 0.15) is 24.4 Å². The molecule has 6 N–H and O–H groups in total. The van der Waals surface area contributed by atoms with Crippen molar-refractivity contribution in [2.45, 2.75) is 256 Å². The van der Waals surface area contributed by atoms with Gasteiger partial charge in [0.25, 0.3) is 0 Å². The molecule has 1 fully saturated rings. The monoisotopic (exact) mass is 1080 g/mol. The van der Waals surface area contributed by atoms with E-state index in [0.29, 0.717) is 6.42 Å². The van der Waals surface area contributed by atoms with Gasteiger partial charge in [-0.2, -0.15) is 0 Å². The molecular formula is C69H111NO8. The van der Waals surface area contributed by atoms with Crippen LogP contribution in [-0.2, 0) is 14.3 Å². The molecule has 440 valence electrons. The van der Waals surface area contributed by atoms with Crippen molar-refractivity contribution in [2.75, 3.05) is 13.2 Å². The zero-order valence-electron chi connectivity index (χ0n) is 48.8. The number of nitrogens with one attached hydrogen (secondary N) is 1. The molecule has 0 aromatic rings. The number of aliphatic hydroxyl groups is 5. The smallest absolute Gasteiger partial charge is 0.220 e. The van der Waals surface area contributed by atoms with Crippen molar-refractivity contribution in [3.8, 4) is 0 Å². The highest BCUT2D eigenvalue weighted by atomic mass is 16.7. The Hall–Kier alpha value is -4.19. The van der Waals surface area contributed by atoms with Crippen molar-refractivity contribution < 1.29 is 39.8 Å². The third kappa shape index (κ3) is 44.6. The Bertz CT molecular complexity index is 1780. The molecule has 1 amide bonds. The molecule has 0 saturated carbocycles. The number of aliphatic hydroxyl groups excluding tert-OH is 5. The standard InChI is InChI=1S/C69H111NO8/c1-3-5-7-9-11-13-15-17-19-20-21-22-23-24-25-26-27-28-29-30-31-32-33-34-35-36-37-38-39-40-41-42-43-44-45-47-49-51-53-55-57-59-65(73)70-62(61-77-69-68(76)67(75)66(74)64(60-71)78-69)63(72)58-56-54-52-50-48-46-18-16-14-12-10-8-6-4-2/h5,7,11,13,17,19,21-22,24-25,27-28,30-31,33-34,36-37,39-40,42-43,45,47,56,58,62-64,66-69,71-72,74-76H,3-4,6,8-10,12,14-16,18,20,23,26,29,32,35,38,41,44,46,48-55,57,59-61H2,1-2H3,(H,70,73)/b7-5-,13-11-,19-17-,22-21-,25-24-,28-27-,31-30-,34-33-,37-36-,40-39-,43-42-,47-45-,58-56+. The van der Waals surface area contributed by atoms with E-state index < -0.39 is 49.5 Å². The van der Waals surface area contributed by atoms with Crippen LogP contribution in [0.5, 0.6) is 0 Å². The minimum absolute atomic E-state index is 0.208. The van der Waals surface area contributed by atoms with E-state index in [4.69, 9.17) is 9.47 Å². The van der Waals surface area contributed by atoms with Crippen molar-refractivity contribution in [2.24, 2.45) is 0 Å². The second-order valence-corrected chi connectivity index (χ2v) is 20.4.